The second-order valence-corrected chi connectivity index (χ2v) is 6.24. The molecule has 0 N–H and O–H groups in total. The number of rotatable bonds is 8. The Bertz CT molecular complexity index is 815. The molecule has 0 aliphatic rings. The molecule has 0 saturated carbocycles. The first-order valence-electron chi connectivity index (χ1n) is 8.90. The lowest BCUT2D eigenvalue weighted by atomic mass is 10.1. The predicted molar refractivity (Wildman–Crippen MR) is 98.1 cm³/mol. The van der Waals surface area contributed by atoms with Crippen LogP contribution in [0.3, 0.4) is 0 Å². The molecule has 0 radical (unpaired) electrons. The highest BCUT2D eigenvalue weighted by Crippen LogP contribution is 2.30. The van der Waals surface area contributed by atoms with Gasteiger partial charge in [0.1, 0.15) is 5.52 Å². The summed E-state index contributed by atoms with van der Waals surface area (Å²) in [5.74, 6) is -0.0527. The minimum atomic E-state index is -0.357. The van der Waals surface area contributed by atoms with Gasteiger partial charge in [0.2, 0.25) is 0 Å². The summed E-state index contributed by atoms with van der Waals surface area (Å²) in [7, 11) is 0. The van der Waals surface area contributed by atoms with Gasteiger partial charge in [0.25, 0.3) is 0 Å². The Labute approximate surface area is 142 Å². The van der Waals surface area contributed by atoms with Gasteiger partial charge in [-0.25, -0.2) is 4.39 Å². The largest absolute Gasteiger partial charge is 0.490 e. The van der Waals surface area contributed by atoms with Gasteiger partial charge in [-0.2, -0.15) is 0 Å². The molecule has 2 nitrogen and oxygen atoms in total. The SMILES string of the molecule is CCCCCCCCOc1ccc2c(ncc3ccccc32)c1F. The zero-order chi connectivity index (χ0) is 16.8. The molecule has 3 heteroatoms. The molecule has 1 aromatic heterocycles. The third-order valence-electron chi connectivity index (χ3n) is 4.42. The van der Waals surface area contributed by atoms with Crippen molar-refractivity contribution in [3.05, 3.63) is 48.4 Å². The first-order valence-corrected chi connectivity index (χ1v) is 8.90. The summed E-state index contributed by atoms with van der Waals surface area (Å²) in [5.41, 5.74) is 0.383. The molecule has 3 rings (SSSR count). The molecule has 0 atom stereocenters. The quantitative estimate of drug-likeness (QED) is 0.360. The zero-order valence-corrected chi connectivity index (χ0v) is 14.2. The molecule has 2 aromatic carbocycles. The maximum atomic E-state index is 14.7. The first kappa shape index (κ1) is 16.7. The summed E-state index contributed by atoms with van der Waals surface area (Å²) in [6.07, 6.45) is 8.87. The van der Waals surface area contributed by atoms with Crippen LogP contribution in [0.15, 0.2) is 42.6 Å². The molecular weight excluding hydrogens is 301 g/mol. The summed E-state index contributed by atoms with van der Waals surface area (Å²) in [4.78, 5) is 4.29. The van der Waals surface area contributed by atoms with Gasteiger partial charge < -0.3 is 4.74 Å². The van der Waals surface area contributed by atoms with E-state index >= 15 is 0 Å². The fraction of sp³-hybridized carbons (Fsp3) is 0.381. The van der Waals surface area contributed by atoms with Crippen LogP contribution >= 0.6 is 0 Å². The molecule has 0 spiro atoms. The van der Waals surface area contributed by atoms with Crippen molar-refractivity contribution >= 4 is 21.7 Å². The highest BCUT2D eigenvalue weighted by atomic mass is 19.1. The summed E-state index contributed by atoms with van der Waals surface area (Å²) in [6.45, 7) is 2.77. The second kappa shape index (κ2) is 8.09. The normalized spacial score (nSPS) is 11.2. The van der Waals surface area contributed by atoms with Crippen LogP contribution in [0.2, 0.25) is 0 Å². The smallest absolute Gasteiger partial charge is 0.191 e. The van der Waals surface area contributed by atoms with Gasteiger partial charge in [0.05, 0.1) is 6.61 Å². The zero-order valence-electron chi connectivity index (χ0n) is 14.2. The lowest BCUT2D eigenvalue weighted by Crippen LogP contribution is -2.00. The third-order valence-corrected chi connectivity index (χ3v) is 4.42. The van der Waals surface area contributed by atoms with Crippen molar-refractivity contribution < 1.29 is 9.13 Å². The Morgan fingerprint density at radius 3 is 2.58 bits per heavy atom. The number of pyridine rings is 1. The monoisotopic (exact) mass is 325 g/mol. The predicted octanol–water partition coefficient (Wildman–Crippen LogP) is 6.27. The Balaban J connectivity index is 1.69. The molecule has 0 aliphatic heterocycles. The van der Waals surface area contributed by atoms with E-state index in [2.05, 4.69) is 11.9 Å². The molecule has 3 aromatic rings. The molecule has 126 valence electrons. The van der Waals surface area contributed by atoms with Crippen LogP contribution in [0.4, 0.5) is 4.39 Å². The molecule has 0 aliphatic carbocycles. The summed E-state index contributed by atoms with van der Waals surface area (Å²) < 4.78 is 20.3. The number of halogens is 1. The standard InChI is InChI=1S/C21H24FNO/c1-2-3-4-5-6-9-14-24-19-13-12-18-17-11-8-7-10-16(17)15-23-21(18)20(19)22/h7-8,10-13,15H,2-6,9,14H2,1H3. The van der Waals surface area contributed by atoms with E-state index < -0.39 is 0 Å². The summed E-state index contributed by atoms with van der Waals surface area (Å²) in [5, 5.41) is 2.87. The van der Waals surface area contributed by atoms with Crippen LogP contribution in [0.1, 0.15) is 45.4 Å². The maximum Gasteiger partial charge on any atom is 0.191 e. The summed E-state index contributed by atoms with van der Waals surface area (Å²) >= 11 is 0. The van der Waals surface area contributed by atoms with E-state index in [0.29, 0.717) is 17.9 Å². The van der Waals surface area contributed by atoms with Gasteiger partial charge in [0, 0.05) is 17.0 Å². The fourth-order valence-corrected chi connectivity index (χ4v) is 3.05. The highest BCUT2D eigenvalue weighted by molar-refractivity contribution is 6.05. The van der Waals surface area contributed by atoms with Gasteiger partial charge in [-0.05, 0) is 23.9 Å². The van der Waals surface area contributed by atoms with E-state index in [9.17, 15) is 4.39 Å². The summed E-state index contributed by atoms with van der Waals surface area (Å²) in [6, 6.07) is 11.5. The second-order valence-electron chi connectivity index (χ2n) is 6.24. The van der Waals surface area contributed by atoms with Gasteiger partial charge in [-0.15, -0.1) is 0 Å². The van der Waals surface area contributed by atoms with Crippen LogP contribution in [-0.4, -0.2) is 11.6 Å². The minimum Gasteiger partial charge on any atom is -0.490 e. The van der Waals surface area contributed by atoms with Gasteiger partial charge in [0.15, 0.2) is 11.6 Å². The molecule has 0 amide bonds. The number of hydrogen-bond donors (Lipinski definition) is 0. The molecule has 0 unspecified atom stereocenters. The Kier molecular flexibility index (Phi) is 5.63. The lowest BCUT2D eigenvalue weighted by molar-refractivity contribution is 0.291. The lowest BCUT2D eigenvalue weighted by Gasteiger charge is -2.10. The number of aromatic nitrogens is 1. The van der Waals surface area contributed by atoms with E-state index in [1.807, 2.05) is 30.3 Å². The number of unbranched alkanes of at least 4 members (excludes halogenated alkanes) is 5. The highest BCUT2D eigenvalue weighted by Gasteiger charge is 2.11. The van der Waals surface area contributed by atoms with Gasteiger partial charge >= 0.3 is 0 Å². The molecular formula is C21H24FNO. The van der Waals surface area contributed by atoms with Crippen LogP contribution in [0.5, 0.6) is 5.75 Å². The number of benzene rings is 2. The van der Waals surface area contributed by atoms with Crippen molar-refractivity contribution in [2.75, 3.05) is 6.61 Å². The van der Waals surface area contributed by atoms with Crippen LogP contribution in [-0.2, 0) is 0 Å². The minimum absolute atomic E-state index is 0.304. The van der Waals surface area contributed by atoms with E-state index in [1.54, 1.807) is 12.3 Å². The van der Waals surface area contributed by atoms with Crippen molar-refractivity contribution in [1.82, 2.24) is 4.98 Å². The number of hydrogen-bond acceptors (Lipinski definition) is 2. The fourth-order valence-electron chi connectivity index (χ4n) is 3.05. The number of ether oxygens (including phenoxy) is 1. The average Bonchev–Trinajstić information content (AvgIpc) is 2.62. The van der Waals surface area contributed by atoms with Crippen LogP contribution < -0.4 is 4.74 Å². The van der Waals surface area contributed by atoms with Crippen LogP contribution in [0.25, 0.3) is 21.7 Å². The van der Waals surface area contributed by atoms with Crippen molar-refractivity contribution in [3.63, 3.8) is 0 Å². The molecule has 1 heterocycles. The van der Waals surface area contributed by atoms with E-state index in [4.69, 9.17) is 4.74 Å². The first-order chi connectivity index (χ1) is 11.8. The molecule has 0 bridgehead atoms. The Morgan fingerprint density at radius 1 is 0.917 bits per heavy atom. The van der Waals surface area contributed by atoms with Gasteiger partial charge in [-0.3, -0.25) is 4.98 Å². The van der Waals surface area contributed by atoms with Crippen molar-refractivity contribution in [3.8, 4) is 5.75 Å². The molecule has 0 fully saturated rings. The average molecular weight is 325 g/mol. The maximum absolute atomic E-state index is 14.7. The van der Waals surface area contributed by atoms with Gasteiger partial charge in [-0.1, -0.05) is 63.3 Å². The topological polar surface area (TPSA) is 22.1 Å². The third kappa shape index (κ3) is 3.66. The number of nitrogens with zero attached hydrogens (tertiary/aromatic N) is 1. The van der Waals surface area contributed by atoms with Crippen molar-refractivity contribution in [1.29, 1.82) is 0 Å². The Hall–Kier alpha value is -2.16. The Morgan fingerprint density at radius 2 is 1.71 bits per heavy atom. The molecule has 24 heavy (non-hydrogen) atoms. The van der Waals surface area contributed by atoms with E-state index in [0.717, 1.165) is 29.0 Å². The number of fused-ring (bicyclic) bond motifs is 3. The molecule has 0 saturated heterocycles. The van der Waals surface area contributed by atoms with Crippen molar-refractivity contribution in [2.24, 2.45) is 0 Å². The van der Waals surface area contributed by atoms with Crippen molar-refractivity contribution in [2.45, 2.75) is 45.4 Å². The van der Waals surface area contributed by atoms with E-state index in [1.165, 1.54) is 25.7 Å². The van der Waals surface area contributed by atoms with E-state index in [-0.39, 0.29) is 5.82 Å². The van der Waals surface area contributed by atoms with Crippen LogP contribution in [0, 0.1) is 5.82 Å².